The molecule has 29 heavy (non-hydrogen) atoms. The number of benzene rings is 2. The van der Waals surface area contributed by atoms with Crippen molar-refractivity contribution >= 4 is 5.91 Å². The van der Waals surface area contributed by atoms with Gasteiger partial charge >= 0.3 is 0 Å². The molecule has 1 N–H and O–H groups in total. The van der Waals surface area contributed by atoms with Crippen LogP contribution >= 0.6 is 0 Å². The molecule has 1 fully saturated rings. The molecule has 0 aliphatic carbocycles. The number of carbonyl (C=O) groups excluding carboxylic acids is 1. The van der Waals surface area contributed by atoms with Crippen molar-refractivity contribution in [2.24, 2.45) is 0 Å². The van der Waals surface area contributed by atoms with E-state index in [2.05, 4.69) is 22.3 Å². The zero-order valence-electron chi connectivity index (χ0n) is 16.4. The molecule has 6 nitrogen and oxygen atoms in total. The Morgan fingerprint density at radius 1 is 0.966 bits per heavy atom. The fourth-order valence-corrected chi connectivity index (χ4v) is 4.58. The molecule has 2 atom stereocenters. The predicted octanol–water partition coefficient (Wildman–Crippen LogP) is 3.23. The highest BCUT2D eigenvalue weighted by Gasteiger charge is 2.30. The first-order chi connectivity index (χ1) is 14.3. The molecule has 3 aliphatic heterocycles. The molecular formula is C23H26N2O4. The minimum absolute atomic E-state index is 0.0165. The molecule has 2 aromatic carbocycles. The van der Waals surface area contributed by atoms with Crippen LogP contribution in [-0.4, -0.2) is 43.7 Å². The number of hydrogen-bond acceptors (Lipinski definition) is 5. The number of likely N-dealkylation sites (tertiary alicyclic amines) is 1. The highest BCUT2D eigenvalue weighted by Crippen LogP contribution is 2.38. The van der Waals surface area contributed by atoms with Gasteiger partial charge in [-0.1, -0.05) is 24.3 Å². The van der Waals surface area contributed by atoms with Gasteiger partial charge in [0.1, 0.15) is 19.0 Å². The van der Waals surface area contributed by atoms with Gasteiger partial charge in [-0.3, -0.25) is 9.69 Å². The van der Waals surface area contributed by atoms with Gasteiger partial charge in [0.05, 0.1) is 19.2 Å². The number of amides is 1. The number of rotatable bonds is 4. The zero-order valence-corrected chi connectivity index (χ0v) is 16.4. The van der Waals surface area contributed by atoms with Crippen molar-refractivity contribution in [2.45, 2.75) is 31.3 Å². The van der Waals surface area contributed by atoms with E-state index < -0.39 is 0 Å². The second-order valence-corrected chi connectivity index (χ2v) is 7.83. The van der Waals surface area contributed by atoms with E-state index in [4.69, 9.17) is 14.2 Å². The highest BCUT2D eigenvalue weighted by molar-refractivity contribution is 5.78. The van der Waals surface area contributed by atoms with Gasteiger partial charge in [-0.05, 0) is 43.1 Å². The number of para-hydroxylation sites is 1. The Labute approximate surface area is 170 Å². The lowest BCUT2D eigenvalue weighted by molar-refractivity contribution is -0.123. The summed E-state index contributed by atoms with van der Waals surface area (Å²) in [5, 5.41) is 3.22. The largest absolute Gasteiger partial charge is 0.493 e. The third-order valence-electron chi connectivity index (χ3n) is 5.96. The van der Waals surface area contributed by atoms with Crippen molar-refractivity contribution in [2.75, 3.05) is 32.9 Å². The Hall–Kier alpha value is -2.73. The lowest BCUT2D eigenvalue weighted by Gasteiger charge is -2.29. The van der Waals surface area contributed by atoms with Crippen molar-refractivity contribution in [3.63, 3.8) is 0 Å². The summed E-state index contributed by atoms with van der Waals surface area (Å²) in [6, 6.07) is 14.4. The van der Waals surface area contributed by atoms with Gasteiger partial charge in [0.25, 0.3) is 0 Å². The normalized spacial score (nSPS) is 23.2. The molecule has 0 radical (unpaired) electrons. The van der Waals surface area contributed by atoms with Gasteiger partial charge in [0.2, 0.25) is 5.91 Å². The SMILES string of the molecule is O=C(CN1CCCC1c1ccc2c(c1)OCCO2)NC1CCOc2ccccc21. The maximum atomic E-state index is 12.8. The van der Waals surface area contributed by atoms with Crippen LogP contribution in [0, 0.1) is 0 Å². The topological polar surface area (TPSA) is 60.0 Å². The van der Waals surface area contributed by atoms with Crippen LogP contribution in [0.5, 0.6) is 17.2 Å². The van der Waals surface area contributed by atoms with Crippen LogP contribution in [0.25, 0.3) is 0 Å². The summed E-state index contributed by atoms with van der Waals surface area (Å²) >= 11 is 0. The maximum Gasteiger partial charge on any atom is 0.234 e. The van der Waals surface area contributed by atoms with E-state index in [-0.39, 0.29) is 18.0 Å². The standard InChI is InChI=1S/C23H26N2O4/c26-23(24-18-9-11-27-20-6-2-1-4-17(18)20)15-25-10-3-5-19(25)16-7-8-21-22(14-16)29-13-12-28-21/h1-2,4,6-8,14,18-19H,3,5,9-13,15H2,(H,24,26). The summed E-state index contributed by atoms with van der Waals surface area (Å²) in [6.07, 6.45) is 2.94. The summed E-state index contributed by atoms with van der Waals surface area (Å²) in [7, 11) is 0. The summed E-state index contributed by atoms with van der Waals surface area (Å²) in [4.78, 5) is 15.1. The van der Waals surface area contributed by atoms with Gasteiger partial charge in [0, 0.05) is 18.0 Å². The number of hydrogen-bond donors (Lipinski definition) is 1. The second kappa shape index (κ2) is 7.95. The quantitative estimate of drug-likeness (QED) is 0.863. The lowest BCUT2D eigenvalue weighted by atomic mass is 10.0. The van der Waals surface area contributed by atoms with Gasteiger partial charge < -0.3 is 19.5 Å². The third-order valence-corrected chi connectivity index (χ3v) is 5.96. The van der Waals surface area contributed by atoms with Crippen molar-refractivity contribution in [3.05, 3.63) is 53.6 Å². The van der Waals surface area contributed by atoms with Gasteiger partial charge in [-0.15, -0.1) is 0 Å². The van der Waals surface area contributed by atoms with Crippen LogP contribution in [-0.2, 0) is 4.79 Å². The van der Waals surface area contributed by atoms with E-state index in [9.17, 15) is 4.79 Å². The summed E-state index contributed by atoms with van der Waals surface area (Å²) in [6.45, 7) is 3.14. The molecule has 1 amide bonds. The molecule has 1 saturated heterocycles. The van der Waals surface area contributed by atoms with Crippen LogP contribution in [0.4, 0.5) is 0 Å². The van der Waals surface area contributed by atoms with E-state index in [0.717, 1.165) is 48.6 Å². The highest BCUT2D eigenvalue weighted by atomic mass is 16.6. The molecule has 152 valence electrons. The van der Waals surface area contributed by atoms with Crippen LogP contribution in [0.2, 0.25) is 0 Å². The summed E-state index contributed by atoms with van der Waals surface area (Å²) in [5.41, 5.74) is 2.26. The predicted molar refractivity (Wildman–Crippen MR) is 108 cm³/mol. The fourth-order valence-electron chi connectivity index (χ4n) is 4.58. The van der Waals surface area contributed by atoms with Gasteiger partial charge in [-0.25, -0.2) is 0 Å². The first-order valence-corrected chi connectivity index (χ1v) is 10.4. The Morgan fingerprint density at radius 3 is 2.72 bits per heavy atom. The van der Waals surface area contributed by atoms with E-state index >= 15 is 0 Å². The number of nitrogens with zero attached hydrogens (tertiary/aromatic N) is 1. The molecule has 3 aliphatic rings. The number of fused-ring (bicyclic) bond motifs is 2. The van der Waals surface area contributed by atoms with E-state index in [1.165, 1.54) is 5.56 Å². The molecule has 2 aromatic rings. The molecule has 3 heterocycles. The molecule has 2 unspecified atom stereocenters. The van der Waals surface area contributed by atoms with Gasteiger partial charge in [0.15, 0.2) is 11.5 Å². The van der Waals surface area contributed by atoms with E-state index in [1.54, 1.807) is 0 Å². The minimum atomic E-state index is 0.0165. The van der Waals surface area contributed by atoms with Crippen molar-refractivity contribution in [1.82, 2.24) is 10.2 Å². The monoisotopic (exact) mass is 394 g/mol. The average molecular weight is 394 g/mol. The number of nitrogens with one attached hydrogen (secondary N) is 1. The average Bonchev–Trinajstić information content (AvgIpc) is 3.21. The van der Waals surface area contributed by atoms with Crippen molar-refractivity contribution in [3.8, 4) is 17.2 Å². The molecule has 0 bridgehead atoms. The Bertz CT molecular complexity index is 900. The summed E-state index contributed by atoms with van der Waals surface area (Å²) in [5.74, 6) is 2.56. The fraction of sp³-hybridized carbons (Fsp3) is 0.435. The van der Waals surface area contributed by atoms with Crippen LogP contribution in [0.1, 0.15) is 42.5 Å². The van der Waals surface area contributed by atoms with Crippen molar-refractivity contribution < 1.29 is 19.0 Å². The number of carbonyl (C=O) groups is 1. The molecule has 5 rings (SSSR count). The summed E-state index contributed by atoms with van der Waals surface area (Å²) < 4.78 is 17.1. The zero-order chi connectivity index (χ0) is 19.6. The Morgan fingerprint density at radius 2 is 1.79 bits per heavy atom. The molecule has 6 heteroatoms. The van der Waals surface area contributed by atoms with E-state index in [1.807, 2.05) is 30.3 Å². The molecule has 0 aromatic heterocycles. The van der Waals surface area contributed by atoms with E-state index in [0.29, 0.717) is 26.4 Å². The Kier molecular flexibility index (Phi) is 5.02. The second-order valence-electron chi connectivity index (χ2n) is 7.83. The van der Waals surface area contributed by atoms with Crippen LogP contribution in [0.15, 0.2) is 42.5 Å². The maximum absolute atomic E-state index is 12.8. The number of ether oxygens (including phenoxy) is 3. The molecule has 0 saturated carbocycles. The third kappa shape index (κ3) is 3.77. The first-order valence-electron chi connectivity index (χ1n) is 10.4. The smallest absolute Gasteiger partial charge is 0.234 e. The Balaban J connectivity index is 1.26. The molecule has 0 spiro atoms. The minimum Gasteiger partial charge on any atom is -0.493 e. The molecular weight excluding hydrogens is 368 g/mol. The van der Waals surface area contributed by atoms with Crippen LogP contribution in [0.3, 0.4) is 0 Å². The van der Waals surface area contributed by atoms with Crippen molar-refractivity contribution in [1.29, 1.82) is 0 Å². The van der Waals surface area contributed by atoms with Crippen LogP contribution < -0.4 is 19.5 Å². The lowest BCUT2D eigenvalue weighted by Crippen LogP contribution is -2.40. The first kappa shape index (κ1) is 18.3. The van der Waals surface area contributed by atoms with Gasteiger partial charge in [-0.2, -0.15) is 0 Å².